The van der Waals surface area contributed by atoms with E-state index >= 15 is 0 Å². The maximum absolute atomic E-state index is 12.5. The lowest BCUT2D eigenvalue weighted by atomic mass is 9.96. The Morgan fingerprint density at radius 1 is 1.27 bits per heavy atom. The second-order valence-corrected chi connectivity index (χ2v) is 6.90. The van der Waals surface area contributed by atoms with Crippen molar-refractivity contribution in [2.45, 2.75) is 31.8 Å². The summed E-state index contributed by atoms with van der Waals surface area (Å²) in [6.45, 7) is 2.22. The third-order valence-corrected chi connectivity index (χ3v) is 4.98. The number of carbonyl (C=O) groups excluding carboxylic acids is 1. The Kier molecular flexibility index (Phi) is 4.98. The van der Waals surface area contributed by atoms with Gasteiger partial charge in [0.2, 0.25) is 11.9 Å². The van der Waals surface area contributed by atoms with Gasteiger partial charge in [0.15, 0.2) is 16.8 Å². The first-order valence-electron chi connectivity index (χ1n) is 8.78. The summed E-state index contributed by atoms with van der Waals surface area (Å²) in [4.78, 5) is 18.9. The highest BCUT2D eigenvalue weighted by atomic mass is 35.5. The molecule has 4 rings (SSSR count). The van der Waals surface area contributed by atoms with Crippen LogP contribution in [-0.2, 0) is 9.53 Å². The van der Waals surface area contributed by atoms with E-state index in [0.29, 0.717) is 16.9 Å². The predicted molar refractivity (Wildman–Crippen MR) is 94.9 cm³/mol. The molecule has 2 aromatic rings. The summed E-state index contributed by atoms with van der Waals surface area (Å²) in [6.07, 6.45) is 3.37. The molecule has 4 heterocycles. The summed E-state index contributed by atoms with van der Waals surface area (Å²) in [6, 6.07) is 3.56. The number of carbonyl (C=O) groups is 1. The zero-order valence-electron chi connectivity index (χ0n) is 14.2. The first kappa shape index (κ1) is 17.2. The summed E-state index contributed by atoms with van der Waals surface area (Å²) in [7, 11) is 0. The van der Waals surface area contributed by atoms with Gasteiger partial charge in [-0.2, -0.15) is 4.98 Å². The van der Waals surface area contributed by atoms with E-state index in [0.717, 1.165) is 51.2 Å². The van der Waals surface area contributed by atoms with E-state index in [4.69, 9.17) is 16.3 Å². The van der Waals surface area contributed by atoms with Crippen LogP contribution in [0.5, 0.6) is 0 Å². The number of aromatic nitrogens is 5. The zero-order valence-corrected chi connectivity index (χ0v) is 14.9. The quantitative estimate of drug-likeness (QED) is 0.838. The molecular formula is C16H20ClN7O2. The molecule has 1 amide bonds. The van der Waals surface area contributed by atoms with Crippen LogP contribution in [0.15, 0.2) is 12.1 Å². The van der Waals surface area contributed by atoms with Gasteiger partial charge >= 0.3 is 0 Å². The fourth-order valence-corrected chi connectivity index (χ4v) is 3.43. The highest BCUT2D eigenvalue weighted by molar-refractivity contribution is 6.29. The van der Waals surface area contributed by atoms with Crippen molar-refractivity contribution >= 4 is 29.3 Å². The standard InChI is InChI=1S/C16H20ClN7O2/c17-12-3-4-13(21-20-12)24-7-5-10(6-8-24)15(25)19-16-18-14(22-23-16)11-2-1-9-26-11/h3-4,10-11H,1-2,5-9H2,(H2,18,19,22,23,25)/t11-/m0/s1. The van der Waals surface area contributed by atoms with E-state index in [1.54, 1.807) is 6.07 Å². The molecule has 2 aliphatic rings. The molecule has 26 heavy (non-hydrogen) atoms. The molecule has 0 spiro atoms. The van der Waals surface area contributed by atoms with E-state index in [9.17, 15) is 4.79 Å². The molecule has 0 radical (unpaired) electrons. The summed E-state index contributed by atoms with van der Waals surface area (Å²) in [5.41, 5.74) is 0. The number of hydrogen-bond acceptors (Lipinski definition) is 7. The van der Waals surface area contributed by atoms with Gasteiger partial charge in [-0.1, -0.05) is 11.6 Å². The number of piperidine rings is 1. The fourth-order valence-electron chi connectivity index (χ4n) is 3.33. The average molecular weight is 378 g/mol. The number of hydrogen-bond donors (Lipinski definition) is 2. The minimum absolute atomic E-state index is 0.0446. The van der Waals surface area contributed by atoms with Crippen LogP contribution in [0.1, 0.15) is 37.6 Å². The van der Waals surface area contributed by atoms with Gasteiger partial charge in [0, 0.05) is 25.6 Å². The topological polar surface area (TPSA) is 109 Å². The highest BCUT2D eigenvalue weighted by Gasteiger charge is 2.27. The van der Waals surface area contributed by atoms with Crippen LogP contribution in [0.4, 0.5) is 11.8 Å². The normalized spacial score (nSPS) is 21.1. The molecule has 2 aromatic heterocycles. The van der Waals surface area contributed by atoms with Crippen molar-refractivity contribution in [1.82, 2.24) is 25.4 Å². The predicted octanol–water partition coefficient (Wildman–Crippen LogP) is 1.95. The van der Waals surface area contributed by atoms with Crippen molar-refractivity contribution < 1.29 is 9.53 Å². The Morgan fingerprint density at radius 3 is 2.81 bits per heavy atom. The Balaban J connectivity index is 1.30. The smallest absolute Gasteiger partial charge is 0.248 e. The molecule has 0 aliphatic carbocycles. The zero-order chi connectivity index (χ0) is 17.9. The Bertz CT molecular complexity index is 752. The molecule has 0 aromatic carbocycles. The largest absolute Gasteiger partial charge is 0.370 e. The molecule has 10 heteroatoms. The second kappa shape index (κ2) is 7.55. The van der Waals surface area contributed by atoms with E-state index < -0.39 is 0 Å². The van der Waals surface area contributed by atoms with Gasteiger partial charge in [-0.25, -0.2) is 0 Å². The van der Waals surface area contributed by atoms with Gasteiger partial charge in [-0.05, 0) is 37.8 Å². The van der Waals surface area contributed by atoms with Crippen molar-refractivity contribution in [2.24, 2.45) is 5.92 Å². The van der Waals surface area contributed by atoms with Gasteiger partial charge in [-0.15, -0.1) is 15.3 Å². The first-order valence-corrected chi connectivity index (χ1v) is 9.16. The summed E-state index contributed by atoms with van der Waals surface area (Å²) >= 11 is 5.77. The van der Waals surface area contributed by atoms with Crippen molar-refractivity contribution in [3.05, 3.63) is 23.1 Å². The third kappa shape index (κ3) is 3.78. The van der Waals surface area contributed by atoms with Gasteiger partial charge in [0.05, 0.1) is 0 Å². The number of nitrogens with zero attached hydrogens (tertiary/aromatic N) is 5. The number of aromatic amines is 1. The van der Waals surface area contributed by atoms with Crippen LogP contribution in [0.3, 0.4) is 0 Å². The average Bonchev–Trinajstić information content (AvgIpc) is 3.34. The highest BCUT2D eigenvalue weighted by Crippen LogP contribution is 2.27. The third-order valence-electron chi connectivity index (χ3n) is 4.78. The molecule has 9 nitrogen and oxygen atoms in total. The number of anilines is 2. The second-order valence-electron chi connectivity index (χ2n) is 6.51. The SMILES string of the molecule is O=C(Nc1n[nH]c([C@@H]2CCCO2)n1)C1CCN(c2ccc(Cl)nn2)CC1. The van der Waals surface area contributed by atoms with Crippen LogP contribution in [0.2, 0.25) is 5.15 Å². The van der Waals surface area contributed by atoms with E-state index in [2.05, 4.69) is 35.6 Å². The van der Waals surface area contributed by atoms with Crippen LogP contribution in [0.25, 0.3) is 0 Å². The molecular weight excluding hydrogens is 358 g/mol. The minimum Gasteiger partial charge on any atom is -0.370 e. The van der Waals surface area contributed by atoms with Crippen LogP contribution < -0.4 is 10.2 Å². The molecule has 2 aliphatic heterocycles. The lowest BCUT2D eigenvalue weighted by Gasteiger charge is -2.31. The van der Waals surface area contributed by atoms with Gasteiger partial charge < -0.3 is 9.64 Å². The lowest BCUT2D eigenvalue weighted by Crippen LogP contribution is -2.38. The maximum Gasteiger partial charge on any atom is 0.248 e. The molecule has 2 N–H and O–H groups in total. The summed E-state index contributed by atoms with van der Waals surface area (Å²) < 4.78 is 5.56. The van der Waals surface area contributed by atoms with E-state index in [-0.39, 0.29) is 17.9 Å². The monoisotopic (exact) mass is 377 g/mol. The summed E-state index contributed by atoms with van der Waals surface area (Å²) in [5, 5.41) is 18.1. The molecule has 2 saturated heterocycles. The molecule has 1 atom stereocenters. The summed E-state index contributed by atoms with van der Waals surface area (Å²) in [5.74, 6) is 1.64. The molecule has 0 bridgehead atoms. The lowest BCUT2D eigenvalue weighted by molar-refractivity contribution is -0.120. The Morgan fingerprint density at radius 2 is 2.12 bits per heavy atom. The van der Waals surface area contributed by atoms with E-state index in [1.165, 1.54) is 0 Å². The number of amides is 1. The van der Waals surface area contributed by atoms with Gasteiger partial charge in [-0.3, -0.25) is 15.2 Å². The van der Waals surface area contributed by atoms with E-state index in [1.807, 2.05) is 6.07 Å². The van der Waals surface area contributed by atoms with Gasteiger partial charge in [0.1, 0.15) is 6.10 Å². The molecule has 0 unspecified atom stereocenters. The number of rotatable bonds is 4. The number of nitrogens with one attached hydrogen (secondary N) is 2. The number of halogens is 1. The molecule has 0 saturated carbocycles. The Labute approximate surface area is 155 Å². The van der Waals surface area contributed by atoms with Crippen LogP contribution >= 0.6 is 11.6 Å². The fraction of sp³-hybridized carbons (Fsp3) is 0.562. The van der Waals surface area contributed by atoms with Crippen molar-refractivity contribution in [1.29, 1.82) is 0 Å². The maximum atomic E-state index is 12.5. The van der Waals surface area contributed by atoms with Crippen LogP contribution in [0, 0.1) is 5.92 Å². The van der Waals surface area contributed by atoms with Crippen LogP contribution in [-0.4, -0.2) is 51.0 Å². The first-order chi connectivity index (χ1) is 12.7. The van der Waals surface area contributed by atoms with Crippen molar-refractivity contribution in [2.75, 3.05) is 29.9 Å². The molecule has 2 fully saturated rings. The minimum atomic E-state index is -0.0730. The van der Waals surface area contributed by atoms with Crippen molar-refractivity contribution in [3.8, 4) is 0 Å². The molecule has 138 valence electrons. The number of ether oxygens (including phenoxy) is 1. The van der Waals surface area contributed by atoms with Crippen molar-refractivity contribution in [3.63, 3.8) is 0 Å². The van der Waals surface area contributed by atoms with Gasteiger partial charge in [0.25, 0.3) is 0 Å². The number of H-pyrrole nitrogens is 1. The Hall–Kier alpha value is -2.26.